The van der Waals surface area contributed by atoms with Crippen molar-refractivity contribution in [1.29, 1.82) is 0 Å². The van der Waals surface area contributed by atoms with Gasteiger partial charge in [0.25, 0.3) is 0 Å². The van der Waals surface area contributed by atoms with Gasteiger partial charge in [-0.2, -0.15) is 0 Å². The molecule has 0 radical (unpaired) electrons. The Labute approximate surface area is 209 Å². The maximum absolute atomic E-state index is 5.10. The van der Waals surface area contributed by atoms with E-state index >= 15 is 0 Å². The average Bonchev–Trinajstić information content (AvgIpc) is 3.36. The number of imidazole rings is 1. The first-order valence-corrected chi connectivity index (χ1v) is 13.7. The Balaban J connectivity index is 1.27. The molecule has 0 amide bonds. The van der Waals surface area contributed by atoms with Gasteiger partial charge in [-0.15, -0.1) is 0 Å². The summed E-state index contributed by atoms with van der Waals surface area (Å²) >= 11 is 0. The highest BCUT2D eigenvalue weighted by Gasteiger charge is 2.13. The monoisotopic (exact) mass is 462 g/mol. The van der Waals surface area contributed by atoms with Crippen LogP contribution in [0.1, 0.15) is 76.7 Å². The van der Waals surface area contributed by atoms with Crippen LogP contribution in [0.4, 0.5) is 0 Å². The molecule has 0 aliphatic heterocycles. The molecule has 0 aliphatic rings. The van der Waals surface area contributed by atoms with E-state index in [-0.39, 0.29) is 0 Å². The van der Waals surface area contributed by atoms with Crippen molar-refractivity contribution in [2.75, 3.05) is 0 Å². The van der Waals surface area contributed by atoms with Gasteiger partial charge in [-0.1, -0.05) is 131 Å². The molecule has 1 N–H and O–H groups in total. The molecular weight excluding hydrogens is 424 g/mol. The summed E-state index contributed by atoms with van der Waals surface area (Å²) in [5, 5.41) is 5.00. The third-order valence-corrected chi connectivity index (χ3v) is 7.39. The van der Waals surface area contributed by atoms with Crippen LogP contribution in [-0.2, 0) is 6.42 Å². The lowest BCUT2D eigenvalue weighted by Gasteiger charge is -2.05. The summed E-state index contributed by atoms with van der Waals surface area (Å²) in [7, 11) is 0. The van der Waals surface area contributed by atoms with E-state index in [0.29, 0.717) is 0 Å². The summed E-state index contributed by atoms with van der Waals surface area (Å²) in [5.74, 6) is 0.964. The number of aromatic nitrogens is 2. The van der Waals surface area contributed by atoms with Crippen molar-refractivity contribution < 1.29 is 0 Å². The maximum atomic E-state index is 5.10. The number of unbranched alkanes of at least 4 members (excludes halogenated alkanes) is 9. The molecule has 0 spiro atoms. The van der Waals surface area contributed by atoms with Gasteiger partial charge >= 0.3 is 0 Å². The van der Waals surface area contributed by atoms with E-state index in [4.69, 9.17) is 4.98 Å². The van der Waals surface area contributed by atoms with Gasteiger partial charge in [0.15, 0.2) is 0 Å². The summed E-state index contributed by atoms with van der Waals surface area (Å²) in [4.78, 5) is 8.78. The van der Waals surface area contributed by atoms with Gasteiger partial charge in [0.1, 0.15) is 5.82 Å². The van der Waals surface area contributed by atoms with Gasteiger partial charge in [-0.05, 0) is 35.2 Å². The van der Waals surface area contributed by atoms with Crippen molar-refractivity contribution in [3.63, 3.8) is 0 Å². The lowest BCUT2D eigenvalue weighted by atomic mass is 10.0. The molecule has 2 nitrogen and oxygen atoms in total. The van der Waals surface area contributed by atoms with E-state index in [2.05, 4.69) is 84.7 Å². The molecule has 4 aromatic carbocycles. The zero-order chi connectivity index (χ0) is 23.9. The van der Waals surface area contributed by atoms with E-state index in [1.807, 2.05) is 0 Å². The second kappa shape index (κ2) is 11.5. The predicted octanol–water partition coefficient (Wildman–Crippen LogP) is 10.00. The second-order valence-electron chi connectivity index (χ2n) is 10.0. The highest BCUT2D eigenvalue weighted by Crippen LogP contribution is 2.35. The quantitative estimate of drug-likeness (QED) is 0.145. The van der Waals surface area contributed by atoms with Crippen LogP contribution in [0.5, 0.6) is 0 Å². The number of hydrogen-bond donors (Lipinski definition) is 1. The first kappa shape index (κ1) is 23.6. The van der Waals surface area contributed by atoms with Crippen LogP contribution < -0.4 is 0 Å². The first-order chi connectivity index (χ1) is 17.3. The van der Waals surface area contributed by atoms with E-state index < -0.39 is 0 Å². The molecule has 1 aromatic heterocycles. The van der Waals surface area contributed by atoms with Crippen LogP contribution in [0.3, 0.4) is 0 Å². The fourth-order valence-corrected chi connectivity index (χ4v) is 5.45. The molecule has 0 bridgehead atoms. The highest BCUT2D eigenvalue weighted by molar-refractivity contribution is 6.23. The van der Waals surface area contributed by atoms with Crippen molar-refractivity contribution in [3.05, 3.63) is 78.4 Å². The van der Waals surface area contributed by atoms with Gasteiger partial charge in [0.2, 0.25) is 0 Å². The minimum atomic E-state index is 0.964. The summed E-state index contributed by atoms with van der Waals surface area (Å²) < 4.78 is 0. The number of fused-ring (bicyclic) bond motifs is 6. The minimum absolute atomic E-state index is 0.964. The molecule has 0 atom stereocenters. The summed E-state index contributed by atoms with van der Waals surface area (Å²) in [5.41, 5.74) is 4.79. The number of rotatable bonds is 12. The Bertz CT molecular complexity index is 1320. The Kier molecular flexibility index (Phi) is 7.78. The molecule has 2 heteroatoms. The van der Waals surface area contributed by atoms with Crippen molar-refractivity contribution in [2.45, 2.75) is 77.6 Å². The van der Waals surface area contributed by atoms with Crippen LogP contribution >= 0.6 is 0 Å². The molecule has 0 aliphatic carbocycles. The zero-order valence-corrected chi connectivity index (χ0v) is 21.2. The summed E-state index contributed by atoms with van der Waals surface area (Å²) in [6.07, 6.45) is 14.9. The predicted molar refractivity (Wildman–Crippen MR) is 152 cm³/mol. The third kappa shape index (κ3) is 5.42. The van der Waals surface area contributed by atoms with Crippen molar-refractivity contribution in [1.82, 2.24) is 9.97 Å². The average molecular weight is 463 g/mol. The Morgan fingerprint density at radius 2 is 1.20 bits per heavy atom. The van der Waals surface area contributed by atoms with Crippen LogP contribution in [0.15, 0.2) is 72.8 Å². The zero-order valence-electron chi connectivity index (χ0n) is 21.2. The molecule has 5 rings (SSSR count). The smallest absolute Gasteiger partial charge is 0.138 e. The van der Waals surface area contributed by atoms with Gasteiger partial charge in [0.05, 0.1) is 11.0 Å². The number of aryl methyl sites for hydroxylation is 1. The highest BCUT2D eigenvalue weighted by atomic mass is 14.9. The number of nitrogens with one attached hydrogen (secondary N) is 1. The minimum Gasteiger partial charge on any atom is -0.337 e. The number of benzene rings is 4. The molecule has 5 aromatic rings. The summed E-state index contributed by atoms with van der Waals surface area (Å²) in [6, 6.07) is 26.2. The largest absolute Gasteiger partial charge is 0.337 e. The topological polar surface area (TPSA) is 28.7 Å². The SMILES string of the molecule is CCCCCCCCCCCCc1cccc(-c2nc3c4ccccc4c4ccccc4c3[nH]2)c1. The van der Waals surface area contributed by atoms with Gasteiger partial charge in [0, 0.05) is 16.3 Å². The van der Waals surface area contributed by atoms with Crippen LogP contribution in [0, 0.1) is 0 Å². The van der Waals surface area contributed by atoms with E-state index in [9.17, 15) is 0 Å². The van der Waals surface area contributed by atoms with Crippen LogP contribution in [0.25, 0.3) is 44.0 Å². The number of aromatic amines is 1. The summed E-state index contributed by atoms with van der Waals surface area (Å²) in [6.45, 7) is 2.29. The lowest BCUT2D eigenvalue weighted by molar-refractivity contribution is 0.556. The fraction of sp³-hybridized carbons (Fsp3) is 0.364. The maximum Gasteiger partial charge on any atom is 0.138 e. The van der Waals surface area contributed by atoms with Gasteiger partial charge < -0.3 is 4.98 Å². The third-order valence-electron chi connectivity index (χ3n) is 7.39. The van der Waals surface area contributed by atoms with Gasteiger partial charge in [-0.3, -0.25) is 0 Å². The van der Waals surface area contributed by atoms with E-state index in [1.165, 1.54) is 96.9 Å². The molecule has 0 unspecified atom stereocenters. The fourth-order valence-electron chi connectivity index (χ4n) is 5.45. The Morgan fingerprint density at radius 3 is 1.91 bits per heavy atom. The standard InChI is InChI=1S/C33H38N2/c1-2-3-4-5-6-7-8-9-10-11-17-25-18-16-19-26(24-25)33-34-31-29-22-14-12-20-27(29)28-21-13-15-23-30(28)32(31)35-33/h12-16,18-24H,2-11,17H2,1H3,(H,34,35). The second-order valence-corrected chi connectivity index (χ2v) is 10.0. The number of H-pyrrole nitrogens is 1. The van der Waals surface area contributed by atoms with Crippen molar-refractivity contribution >= 4 is 32.6 Å². The molecule has 0 saturated carbocycles. The normalized spacial score (nSPS) is 11.7. The Hall–Kier alpha value is -3.13. The number of hydrogen-bond acceptors (Lipinski definition) is 1. The van der Waals surface area contributed by atoms with Gasteiger partial charge in [-0.25, -0.2) is 4.98 Å². The Morgan fingerprint density at radius 1 is 0.600 bits per heavy atom. The molecule has 0 saturated heterocycles. The molecule has 0 fully saturated rings. The van der Waals surface area contributed by atoms with E-state index in [0.717, 1.165) is 23.3 Å². The van der Waals surface area contributed by atoms with Crippen LogP contribution in [-0.4, -0.2) is 9.97 Å². The van der Waals surface area contributed by atoms with E-state index in [1.54, 1.807) is 0 Å². The molecule has 180 valence electrons. The van der Waals surface area contributed by atoms with Crippen molar-refractivity contribution in [3.8, 4) is 11.4 Å². The number of nitrogens with zero attached hydrogens (tertiary/aromatic N) is 1. The lowest BCUT2D eigenvalue weighted by Crippen LogP contribution is -1.89. The first-order valence-electron chi connectivity index (χ1n) is 13.7. The molecule has 1 heterocycles. The molecule has 35 heavy (non-hydrogen) atoms. The molecular formula is C33H38N2. The van der Waals surface area contributed by atoms with Crippen molar-refractivity contribution in [2.24, 2.45) is 0 Å². The van der Waals surface area contributed by atoms with Crippen LogP contribution in [0.2, 0.25) is 0 Å².